The van der Waals surface area contributed by atoms with E-state index in [4.69, 9.17) is 0 Å². The summed E-state index contributed by atoms with van der Waals surface area (Å²) in [6.45, 7) is 5.00. The fraction of sp³-hybridized carbons (Fsp3) is 0.353. The first-order chi connectivity index (χ1) is 11.1. The number of carbonyl (C=O) groups is 1. The van der Waals surface area contributed by atoms with Crippen LogP contribution in [0.15, 0.2) is 34.8 Å². The van der Waals surface area contributed by atoms with Gasteiger partial charge in [0.15, 0.2) is 5.69 Å². The summed E-state index contributed by atoms with van der Waals surface area (Å²) in [5, 5.41) is 14.0. The molecule has 6 heteroatoms. The van der Waals surface area contributed by atoms with Crippen LogP contribution in [0.25, 0.3) is 0 Å². The number of amides is 1. The Hall–Kier alpha value is -1.95. The highest BCUT2D eigenvalue weighted by Gasteiger charge is 2.09. The zero-order chi connectivity index (χ0) is 16.7. The van der Waals surface area contributed by atoms with Gasteiger partial charge in [-0.1, -0.05) is 35.7 Å². The van der Waals surface area contributed by atoms with Gasteiger partial charge < -0.3 is 10.6 Å². The van der Waals surface area contributed by atoms with Crippen molar-refractivity contribution >= 4 is 33.3 Å². The van der Waals surface area contributed by atoms with Crippen molar-refractivity contribution in [2.75, 3.05) is 17.2 Å². The Morgan fingerprint density at radius 1 is 1.17 bits per heavy atom. The zero-order valence-electron chi connectivity index (χ0n) is 13.4. The number of rotatable bonds is 7. The first kappa shape index (κ1) is 17.4. The van der Waals surface area contributed by atoms with Crippen LogP contribution in [0.1, 0.15) is 42.2 Å². The fourth-order valence-electron chi connectivity index (χ4n) is 2.06. The van der Waals surface area contributed by atoms with Crippen LogP contribution in [0.2, 0.25) is 0 Å². The molecular weight excluding hydrogens is 356 g/mol. The highest BCUT2D eigenvalue weighted by Crippen LogP contribution is 2.20. The molecule has 1 aromatic carbocycles. The molecule has 2 aromatic rings. The SMILES string of the molecule is CCCCCNc1ccc(C(=O)Nc2ccc(Br)c(C)c2)nn1. The highest BCUT2D eigenvalue weighted by atomic mass is 79.9. The molecule has 2 N–H and O–H groups in total. The minimum Gasteiger partial charge on any atom is -0.369 e. The van der Waals surface area contributed by atoms with Crippen LogP contribution in [0.4, 0.5) is 11.5 Å². The number of carbonyl (C=O) groups excluding carboxylic acids is 1. The lowest BCUT2D eigenvalue weighted by Crippen LogP contribution is -2.15. The van der Waals surface area contributed by atoms with Crippen LogP contribution in [0.5, 0.6) is 0 Å². The third-order valence-electron chi connectivity index (χ3n) is 3.40. The van der Waals surface area contributed by atoms with Crippen molar-refractivity contribution in [3.05, 3.63) is 46.1 Å². The molecule has 1 aromatic heterocycles. The maximum absolute atomic E-state index is 12.2. The summed E-state index contributed by atoms with van der Waals surface area (Å²) in [6.07, 6.45) is 3.47. The molecule has 0 saturated carbocycles. The maximum atomic E-state index is 12.2. The molecule has 0 saturated heterocycles. The van der Waals surface area contributed by atoms with E-state index in [0.29, 0.717) is 11.5 Å². The summed E-state index contributed by atoms with van der Waals surface area (Å²) in [4.78, 5) is 12.2. The van der Waals surface area contributed by atoms with Crippen LogP contribution < -0.4 is 10.6 Å². The van der Waals surface area contributed by atoms with Gasteiger partial charge in [-0.05, 0) is 49.2 Å². The summed E-state index contributed by atoms with van der Waals surface area (Å²) in [7, 11) is 0. The summed E-state index contributed by atoms with van der Waals surface area (Å²) < 4.78 is 1.01. The molecule has 0 bridgehead atoms. The molecule has 0 unspecified atom stereocenters. The van der Waals surface area contributed by atoms with Gasteiger partial charge in [0, 0.05) is 16.7 Å². The number of nitrogens with zero attached hydrogens (tertiary/aromatic N) is 2. The van der Waals surface area contributed by atoms with E-state index in [9.17, 15) is 4.79 Å². The van der Waals surface area contributed by atoms with Gasteiger partial charge in [-0.15, -0.1) is 10.2 Å². The average molecular weight is 377 g/mol. The van der Waals surface area contributed by atoms with Crippen molar-refractivity contribution < 1.29 is 4.79 Å². The second-order valence-electron chi connectivity index (χ2n) is 5.36. The molecule has 0 aliphatic rings. The number of aryl methyl sites for hydroxylation is 1. The third kappa shape index (κ3) is 5.32. The van der Waals surface area contributed by atoms with Crippen molar-refractivity contribution in [2.24, 2.45) is 0 Å². The lowest BCUT2D eigenvalue weighted by Gasteiger charge is -2.07. The molecule has 0 fully saturated rings. The standard InChI is InChI=1S/C17H21BrN4O/c1-3-4-5-10-19-16-9-8-15(21-22-16)17(23)20-13-6-7-14(18)12(2)11-13/h6-9,11H,3-5,10H2,1-2H3,(H,19,22)(H,20,23). The third-order valence-corrected chi connectivity index (χ3v) is 4.29. The van der Waals surface area contributed by atoms with Crippen LogP contribution >= 0.6 is 15.9 Å². The van der Waals surface area contributed by atoms with E-state index in [-0.39, 0.29) is 5.91 Å². The highest BCUT2D eigenvalue weighted by molar-refractivity contribution is 9.10. The summed E-state index contributed by atoms with van der Waals surface area (Å²) in [5.41, 5.74) is 2.09. The minimum absolute atomic E-state index is 0.267. The van der Waals surface area contributed by atoms with Gasteiger partial charge in [0.25, 0.3) is 5.91 Å². The Balaban J connectivity index is 1.93. The zero-order valence-corrected chi connectivity index (χ0v) is 15.0. The van der Waals surface area contributed by atoms with Crippen molar-refractivity contribution in [1.29, 1.82) is 0 Å². The van der Waals surface area contributed by atoms with Gasteiger partial charge in [0.2, 0.25) is 0 Å². The molecule has 1 heterocycles. The number of unbranched alkanes of at least 4 members (excludes halogenated alkanes) is 2. The minimum atomic E-state index is -0.267. The second-order valence-corrected chi connectivity index (χ2v) is 6.21. The molecule has 0 radical (unpaired) electrons. The first-order valence-electron chi connectivity index (χ1n) is 7.75. The topological polar surface area (TPSA) is 66.9 Å². The van der Waals surface area contributed by atoms with Crippen molar-refractivity contribution in [1.82, 2.24) is 10.2 Å². The molecule has 122 valence electrons. The van der Waals surface area contributed by atoms with Crippen LogP contribution in [0, 0.1) is 6.92 Å². The Morgan fingerprint density at radius 2 is 2.00 bits per heavy atom. The molecule has 2 rings (SSSR count). The molecular formula is C17H21BrN4O. The number of halogens is 1. The van der Waals surface area contributed by atoms with Crippen LogP contribution in [-0.2, 0) is 0 Å². The first-order valence-corrected chi connectivity index (χ1v) is 8.54. The van der Waals surface area contributed by atoms with Crippen molar-refractivity contribution in [3.63, 3.8) is 0 Å². The normalized spacial score (nSPS) is 10.4. The number of anilines is 2. The van der Waals surface area contributed by atoms with E-state index < -0.39 is 0 Å². The number of hydrogen-bond acceptors (Lipinski definition) is 4. The van der Waals surface area contributed by atoms with Gasteiger partial charge in [0.05, 0.1) is 0 Å². The van der Waals surface area contributed by atoms with Gasteiger partial charge >= 0.3 is 0 Å². The Bertz CT molecular complexity index is 658. The van der Waals surface area contributed by atoms with Gasteiger partial charge in [-0.2, -0.15) is 0 Å². The fourth-order valence-corrected chi connectivity index (χ4v) is 2.30. The van der Waals surface area contributed by atoms with Crippen molar-refractivity contribution in [3.8, 4) is 0 Å². The van der Waals surface area contributed by atoms with Gasteiger partial charge in [0.1, 0.15) is 5.82 Å². The molecule has 1 amide bonds. The number of benzene rings is 1. The molecule has 23 heavy (non-hydrogen) atoms. The van der Waals surface area contributed by atoms with Crippen LogP contribution in [-0.4, -0.2) is 22.6 Å². The smallest absolute Gasteiger partial charge is 0.276 e. The predicted molar refractivity (Wildman–Crippen MR) is 96.9 cm³/mol. The summed E-state index contributed by atoms with van der Waals surface area (Å²) >= 11 is 3.44. The Labute approximate surface area is 145 Å². The van der Waals surface area contributed by atoms with E-state index in [0.717, 1.165) is 28.7 Å². The van der Waals surface area contributed by atoms with Gasteiger partial charge in [-0.3, -0.25) is 4.79 Å². The summed E-state index contributed by atoms with van der Waals surface area (Å²) in [5.74, 6) is 0.425. The van der Waals surface area contributed by atoms with Crippen molar-refractivity contribution in [2.45, 2.75) is 33.1 Å². The van der Waals surface area contributed by atoms with E-state index >= 15 is 0 Å². The van der Waals surface area contributed by atoms with E-state index in [1.165, 1.54) is 12.8 Å². The molecule has 0 aliphatic heterocycles. The number of nitrogens with one attached hydrogen (secondary N) is 2. The molecule has 0 spiro atoms. The lowest BCUT2D eigenvalue weighted by atomic mass is 10.2. The Morgan fingerprint density at radius 3 is 2.65 bits per heavy atom. The average Bonchev–Trinajstić information content (AvgIpc) is 2.55. The monoisotopic (exact) mass is 376 g/mol. The largest absolute Gasteiger partial charge is 0.369 e. The predicted octanol–water partition coefficient (Wildman–Crippen LogP) is 4.40. The quantitative estimate of drug-likeness (QED) is 0.702. The summed E-state index contributed by atoms with van der Waals surface area (Å²) in [6, 6.07) is 9.10. The van der Waals surface area contributed by atoms with E-state index in [1.54, 1.807) is 12.1 Å². The van der Waals surface area contributed by atoms with Crippen LogP contribution in [0.3, 0.4) is 0 Å². The van der Waals surface area contributed by atoms with E-state index in [2.05, 4.69) is 43.7 Å². The Kier molecular flexibility index (Phi) is 6.52. The lowest BCUT2D eigenvalue weighted by molar-refractivity contribution is 0.102. The molecule has 5 nitrogen and oxygen atoms in total. The molecule has 0 aliphatic carbocycles. The van der Waals surface area contributed by atoms with Gasteiger partial charge in [-0.25, -0.2) is 0 Å². The maximum Gasteiger partial charge on any atom is 0.276 e. The number of aromatic nitrogens is 2. The number of hydrogen-bond donors (Lipinski definition) is 2. The second kappa shape index (κ2) is 8.62. The molecule has 0 atom stereocenters. The van der Waals surface area contributed by atoms with E-state index in [1.807, 2.05) is 25.1 Å².